The fourth-order valence-electron chi connectivity index (χ4n) is 2.15. The fourth-order valence-corrected chi connectivity index (χ4v) is 2.62. The first-order valence-corrected chi connectivity index (χ1v) is 8.16. The van der Waals surface area contributed by atoms with Crippen LogP contribution in [0.25, 0.3) is 0 Å². The molecule has 7 nitrogen and oxygen atoms in total. The first kappa shape index (κ1) is 17.9. The van der Waals surface area contributed by atoms with Crippen LogP contribution in [0.1, 0.15) is 23.2 Å². The van der Waals surface area contributed by atoms with Gasteiger partial charge in [-0.05, 0) is 40.9 Å². The van der Waals surface area contributed by atoms with Gasteiger partial charge in [0.2, 0.25) is 0 Å². The van der Waals surface area contributed by atoms with Gasteiger partial charge in [0.05, 0.1) is 16.7 Å². The van der Waals surface area contributed by atoms with E-state index in [-0.39, 0.29) is 17.2 Å². The molecule has 0 atom stereocenters. The Morgan fingerprint density at radius 3 is 2.67 bits per heavy atom. The number of hydrogen-bond donors (Lipinski definition) is 1. The number of amides is 1. The Balaban J connectivity index is 1.81. The Labute approximate surface area is 146 Å². The van der Waals surface area contributed by atoms with Crippen molar-refractivity contribution in [3.05, 3.63) is 73.1 Å². The van der Waals surface area contributed by atoms with Gasteiger partial charge in [0.15, 0.2) is 0 Å². The Kier molecular flexibility index (Phi) is 6.25. The predicted octanol–water partition coefficient (Wildman–Crippen LogP) is 2.73. The summed E-state index contributed by atoms with van der Waals surface area (Å²) in [6.45, 7) is 0.829. The number of aryl methyl sites for hydroxylation is 1. The summed E-state index contributed by atoms with van der Waals surface area (Å²) < 4.78 is 2.04. The first-order chi connectivity index (χ1) is 11.5. The highest BCUT2D eigenvalue weighted by molar-refractivity contribution is 9.10. The van der Waals surface area contributed by atoms with Crippen molar-refractivity contribution < 1.29 is 9.72 Å². The van der Waals surface area contributed by atoms with E-state index < -0.39 is 4.92 Å². The van der Waals surface area contributed by atoms with Crippen molar-refractivity contribution in [1.82, 2.24) is 9.88 Å². The van der Waals surface area contributed by atoms with E-state index in [1.54, 1.807) is 18.2 Å². The van der Waals surface area contributed by atoms with E-state index in [1.807, 2.05) is 6.07 Å². The lowest BCUT2D eigenvalue weighted by molar-refractivity contribution is -0.385. The molecule has 0 saturated carbocycles. The van der Waals surface area contributed by atoms with Crippen LogP contribution in [0.5, 0.6) is 0 Å². The summed E-state index contributed by atoms with van der Waals surface area (Å²) >= 11 is 3.32. The largest absolute Gasteiger partial charge is 0.352 e. The van der Waals surface area contributed by atoms with Gasteiger partial charge in [0, 0.05) is 29.7 Å². The van der Waals surface area contributed by atoms with Gasteiger partial charge >= 0.3 is 0 Å². The van der Waals surface area contributed by atoms with E-state index >= 15 is 0 Å². The second kappa shape index (κ2) is 8.39. The minimum absolute atomic E-state index is 0.114. The molecule has 2 rings (SSSR count). The van der Waals surface area contributed by atoms with Crippen molar-refractivity contribution >= 4 is 27.5 Å². The standard InChI is InChI=1S/C16H16BrN3O4/c17-14-6-2-1-5-13(14)16(22)18-9-3-4-10-19-11-12(20(23)24)7-8-15(19)21/h1-2,5-8,11H,3-4,9-10H2,(H,18,22). The molecule has 1 heterocycles. The van der Waals surface area contributed by atoms with E-state index in [0.717, 1.165) is 4.47 Å². The second-order valence-electron chi connectivity index (χ2n) is 5.12. The Hall–Kier alpha value is -2.48. The summed E-state index contributed by atoms with van der Waals surface area (Å²) in [6.07, 6.45) is 2.52. The summed E-state index contributed by atoms with van der Waals surface area (Å²) in [5, 5.41) is 13.5. The number of nitrogens with zero attached hydrogens (tertiary/aromatic N) is 2. The summed E-state index contributed by atoms with van der Waals surface area (Å²) in [5.41, 5.74) is 0.169. The highest BCUT2D eigenvalue weighted by atomic mass is 79.9. The number of pyridine rings is 1. The molecule has 0 spiro atoms. The van der Waals surface area contributed by atoms with Crippen molar-refractivity contribution in [1.29, 1.82) is 0 Å². The lowest BCUT2D eigenvalue weighted by Gasteiger charge is -2.08. The lowest BCUT2D eigenvalue weighted by Crippen LogP contribution is -2.25. The molecule has 24 heavy (non-hydrogen) atoms. The molecule has 0 saturated heterocycles. The van der Waals surface area contributed by atoms with Crippen LogP contribution in [0.3, 0.4) is 0 Å². The molecule has 0 aliphatic heterocycles. The molecular formula is C16H16BrN3O4. The monoisotopic (exact) mass is 393 g/mol. The third-order valence-corrected chi connectivity index (χ3v) is 4.10. The molecule has 0 unspecified atom stereocenters. The predicted molar refractivity (Wildman–Crippen MR) is 93.1 cm³/mol. The van der Waals surface area contributed by atoms with E-state index in [9.17, 15) is 19.7 Å². The maximum Gasteiger partial charge on any atom is 0.285 e. The van der Waals surface area contributed by atoms with Crippen molar-refractivity contribution in [2.45, 2.75) is 19.4 Å². The van der Waals surface area contributed by atoms with Crippen LogP contribution in [0, 0.1) is 10.1 Å². The lowest BCUT2D eigenvalue weighted by atomic mass is 10.2. The molecule has 0 fully saturated rings. The molecular weight excluding hydrogens is 378 g/mol. The first-order valence-electron chi connectivity index (χ1n) is 7.36. The van der Waals surface area contributed by atoms with Crippen molar-refractivity contribution in [2.75, 3.05) is 6.54 Å². The quantitative estimate of drug-likeness (QED) is 0.444. The third kappa shape index (κ3) is 4.76. The van der Waals surface area contributed by atoms with Crippen molar-refractivity contribution in [2.24, 2.45) is 0 Å². The number of halogens is 1. The smallest absolute Gasteiger partial charge is 0.285 e. The Morgan fingerprint density at radius 1 is 1.21 bits per heavy atom. The van der Waals surface area contributed by atoms with Gasteiger partial charge in [0.1, 0.15) is 0 Å². The van der Waals surface area contributed by atoms with Crippen LogP contribution in [0.15, 0.2) is 51.9 Å². The maximum atomic E-state index is 12.0. The van der Waals surface area contributed by atoms with E-state index in [4.69, 9.17) is 0 Å². The van der Waals surface area contributed by atoms with Gasteiger partial charge in [-0.3, -0.25) is 19.7 Å². The zero-order valence-electron chi connectivity index (χ0n) is 12.8. The van der Waals surface area contributed by atoms with Gasteiger partial charge in [-0.2, -0.15) is 0 Å². The topological polar surface area (TPSA) is 94.2 Å². The number of rotatable bonds is 7. The summed E-state index contributed by atoms with van der Waals surface area (Å²) in [7, 11) is 0. The minimum Gasteiger partial charge on any atom is -0.352 e. The molecule has 0 radical (unpaired) electrons. The summed E-state index contributed by atoms with van der Waals surface area (Å²) in [6, 6.07) is 9.52. The zero-order valence-corrected chi connectivity index (χ0v) is 14.4. The van der Waals surface area contributed by atoms with Gasteiger partial charge in [0.25, 0.3) is 17.2 Å². The van der Waals surface area contributed by atoms with E-state index in [1.165, 1.54) is 22.9 Å². The van der Waals surface area contributed by atoms with Crippen molar-refractivity contribution in [3.63, 3.8) is 0 Å². The molecule has 8 heteroatoms. The molecule has 1 aromatic heterocycles. The summed E-state index contributed by atoms with van der Waals surface area (Å²) in [4.78, 5) is 33.8. The maximum absolute atomic E-state index is 12.0. The highest BCUT2D eigenvalue weighted by Crippen LogP contribution is 2.15. The van der Waals surface area contributed by atoms with E-state index in [0.29, 0.717) is 31.5 Å². The van der Waals surface area contributed by atoms with Crippen LogP contribution in [-0.2, 0) is 6.54 Å². The molecule has 126 valence electrons. The second-order valence-corrected chi connectivity index (χ2v) is 5.97. The number of hydrogen-bond acceptors (Lipinski definition) is 4. The number of unbranched alkanes of at least 4 members (excludes halogenated alkanes) is 1. The average molecular weight is 394 g/mol. The number of aromatic nitrogens is 1. The van der Waals surface area contributed by atoms with Crippen LogP contribution in [0.2, 0.25) is 0 Å². The van der Waals surface area contributed by atoms with E-state index in [2.05, 4.69) is 21.2 Å². The SMILES string of the molecule is O=C(NCCCCn1cc([N+](=O)[O-])ccc1=O)c1ccccc1Br. The fraction of sp³-hybridized carbons (Fsp3) is 0.250. The Bertz CT molecular complexity index is 804. The number of nitro groups is 1. The summed E-state index contributed by atoms with van der Waals surface area (Å²) in [5.74, 6) is -0.171. The molecule has 2 aromatic rings. The van der Waals surface area contributed by atoms with Gasteiger partial charge in [-0.25, -0.2) is 0 Å². The molecule has 0 aliphatic carbocycles. The number of carbonyl (C=O) groups excluding carboxylic acids is 1. The van der Waals surface area contributed by atoms with Crippen LogP contribution in [0.4, 0.5) is 5.69 Å². The number of benzene rings is 1. The molecule has 0 aliphatic rings. The molecule has 1 N–H and O–H groups in total. The van der Waals surface area contributed by atoms with Crippen LogP contribution < -0.4 is 10.9 Å². The average Bonchev–Trinajstić information content (AvgIpc) is 2.56. The van der Waals surface area contributed by atoms with Crippen molar-refractivity contribution in [3.8, 4) is 0 Å². The van der Waals surface area contributed by atoms with Crippen LogP contribution in [-0.4, -0.2) is 21.9 Å². The van der Waals surface area contributed by atoms with Gasteiger partial charge in [-0.1, -0.05) is 12.1 Å². The number of carbonyl (C=O) groups is 1. The number of nitrogens with one attached hydrogen (secondary N) is 1. The van der Waals surface area contributed by atoms with Crippen LogP contribution >= 0.6 is 15.9 Å². The Morgan fingerprint density at radius 2 is 1.96 bits per heavy atom. The normalized spacial score (nSPS) is 10.4. The molecule has 1 aromatic carbocycles. The van der Waals surface area contributed by atoms with Gasteiger partial charge < -0.3 is 9.88 Å². The van der Waals surface area contributed by atoms with Gasteiger partial charge in [-0.15, -0.1) is 0 Å². The molecule has 1 amide bonds. The third-order valence-electron chi connectivity index (χ3n) is 3.41. The minimum atomic E-state index is -0.534. The zero-order chi connectivity index (χ0) is 17.5. The molecule has 0 bridgehead atoms. The highest BCUT2D eigenvalue weighted by Gasteiger charge is 2.09.